The summed E-state index contributed by atoms with van der Waals surface area (Å²) in [6.45, 7) is 10.2. The molecule has 0 amide bonds. The lowest BCUT2D eigenvalue weighted by Crippen LogP contribution is -2.32. The summed E-state index contributed by atoms with van der Waals surface area (Å²) in [6.07, 6.45) is 2.51. The summed E-state index contributed by atoms with van der Waals surface area (Å²) < 4.78 is 0. The highest BCUT2D eigenvalue weighted by Gasteiger charge is 2.07. The van der Waals surface area contributed by atoms with Crippen molar-refractivity contribution in [3.8, 4) is 0 Å². The minimum Gasteiger partial charge on any atom is -0.314 e. The van der Waals surface area contributed by atoms with Crippen LogP contribution in [0.3, 0.4) is 0 Å². The van der Waals surface area contributed by atoms with E-state index in [1.165, 1.54) is 12.8 Å². The fourth-order valence-electron chi connectivity index (χ4n) is 0.927. The molecule has 0 saturated carbocycles. The Morgan fingerprint density at radius 2 is 1.80 bits per heavy atom. The molecule has 0 aliphatic rings. The summed E-state index contributed by atoms with van der Waals surface area (Å²) in [5.74, 6) is 0.812. The Morgan fingerprint density at radius 1 is 1.20 bits per heavy atom. The lowest BCUT2D eigenvalue weighted by Gasteiger charge is -2.19. The van der Waals surface area contributed by atoms with Crippen LogP contribution in [-0.2, 0) is 0 Å². The summed E-state index contributed by atoms with van der Waals surface area (Å²) in [7, 11) is 0. The summed E-state index contributed by atoms with van der Waals surface area (Å²) in [5.41, 5.74) is 0. The summed E-state index contributed by atoms with van der Waals surface area (Å²) in [4.78, 5) is 0. The van der Waals surface area contributed by atoms with Gasteiger partial charge in [-0.3, -0.25) is 0 Å². The fraction of sp³-hybridized carbons (Fsp3) is 1.00. The van der Waals surface area contributed by atoms with Crippen LogP contribution in [0.2, 0.25) is 0 Å². The minimum absolute atomic E-state index is 0.685. The third-order valence-corrected chi connectivity index (χ3v) is 2.21. The molecule has 0 aromatic carbocycles. The fourth-order valence-corrected chi connectivity index (χ4v) is 0.927. The van der Waals surface area contributed by atoms with Gasteiger partial charge < -0.3 is 5.32 Å². The molecule has 2 atom stereocenters. The molecule has 0 spiro atoms. The van der Waals surface area contributed by atoms with E-state index in [1.807, 2.05) is 0 Å². The van der Waals surface area contributed by atoms with Gasteiger partial charge in [-0.1, -0.05) is 27.2 Å². The largest absolute Gasteiger partial charge is 0.314 e. The van der Waals surface area contributed by atoms with Gasteiger partial charge in [-0.05, 0) is 25.8 Å². The van der Waals surface area contributed by atoms with Gasteiger partial charge in [0.05, 0.1) is 0 Å². The zero-order valence-electron chi connectivity index (χ0n) is 7.78. The molecule has 0 fully saturated rings. The van der Waals surface area contributed by atoms with E-state index in [-0.39, 0.29) is 0 Å². The molecular weight excluding hydrogens is 122 g/mol. The van der Waals surface area contributed by atoms with Crippen LogP contribution in [0, 0.1) is 5.92 Å². The topological polar surface area (TPSA) is 12.0 Å². The van der Waals surface area contributed by atoms with Crippen molar-refractivity contribution in [2.24, 2.45) is 5.92 Å². The molecule has 1 heteroatoms. The van der Waals surface area contributed by atoms with Gasteiger partial charge >= 0.3 is 0 Å². The first-order chi connectivity index (χ1) is 4.72. The number of hydrogen-bond donors (Lipinski definition) is 1. The maximum Gasteiger partial charge on any atom is 0.00642 e. The van der Waals surface area contributed by atoms with Crippen LogP contribution in [0.5, 0.6) is 0 Å². The van der Waals surface area contributed by atoms with E-state index < -0.39 is 0 Å². The van der Waals surface area contributed by atoms with Crippen molar-refractivity contribution < 1.29 is 0 Å². The van der Waals surface area contributed by atoms with Crippen LogP contribution in [0.4, 0.5) is 0 Å². The van der Waals surface area contributed by atoms with Gasteiger partial charge in [0, 0.05) is 6.04 Å². The van der Waals surface area contributed by atoms with E-state index in [4.69, 9.17) is 0 Å². The second-order valence-corrected chi connectivity index (χ2v) is 3.13. The van der Waals surface area contributed by atoms with E-state index in [1.54, 1.807) is 0 Å². The number of rotatable bonds is 5. The highest BCUT2D eigenvalue weighted by atomic mass is 14.9. The summed E-state index contributed by atoms with van der Waals surface area (Å²) in [5, 5.41) is 3.48. The predicted molar refractivity (Wildman–Crippen MR) is 47.2 cm³/mol. The van der Waals surface area contributed by atoms with Crippen LogP contribution < -0.4 is 5.32 Å². The van der Waals surface area contributed by atoms with Gasteiger partial charge in [0.2, 0.25) is 0 Å². The van der Waals surface area contributed by atoms with E-state index in [0.29, 0.717) is 6.04 Å². The van der Waals surface area contributed by atoms with Gasteiger partial charge in [0.1, 0.15) is 0 Å². The molecule has 0 saturated heterocycles. The van der Waals surface area contributed by atoms with Gasteiger partial charge in [0.15, 0.2) is 0 Å². The van der Waals surface area contributed by atoms with Crippen molar-refractivity contribution >= 4 is 0 Å². The normalized spacial score (nSPS) is 16.8. The zero-order chi connectivity index (χ0) is 7.98. The van der Waals surface area contributed by atoms with E-state index in [9.17, 15) is 0 Å². The highest BCUT2D eigenvalue weighted by Crippen LogP contribution is 2.05. The molecule has 0 heterocycles. The van der Waals surface area contributed by atoms with Crippen molar-refractivity contribution in [2.75, 3.05) is 6.54 Å². The van der Waals surface area contributed by atoms with Crippen LogP contribution in [0.1, 0.15) is 40.5 Å². The molecule has 1 nitrogen and oxygen atoms in total. The quantitative estimate of drug-likeness (QED) is 0.623. The average Bonchev–Trinajstić information content (AvgIpc) is 1.98. The van der Waals surface area contributed by atoms with Crippen LogP contribution in [0.15, 0.2) is 0 Å². The molecule has 0 rings (SSSR count). The maximum atomic E-state index is 3.48. The first-order valence-corrected chi connectivity index (χ1v) is 4.45. The van der Waals surface area contributed by atoms with Crippen LogP contribution >= 0.6 is 0 Å². The van der Waals surface area contributed by atoms with Crippen molar-refractivity contribution in [3.05, 3.63) is 0 Å². The summed E-state index contributed by atoms with van der Waals surface area (Å²) in [6, 6.07) is 0.685. The van der Waals surface area contributed by atoms with Crippen molar-refractivity contribution in [3.63, 3.8) is 0 Å². The molecule has 10 heavy (non-hydrogen) atoms. The van der Waals surface area contributed by atoms with Crippen molar-refractivity contribution in [1.82, 2.24) is 5.32 Å². The average molecular weight is 143 g/mol. The van der Waals surface area contributed by atoms with Crippen LogP contribution in [-0.4, -0.2) is 12.6 Å². The predicted octanol–water partition coefficient (Wildman–Crippen LogP) is 2.42. The minimum atomic E-state index is 0.685. The second kappa shape index (κ2) is 5.72. The molecule has 62 valence electrons. The lowest BCUT2D eigenvalue weighted by molar-refractivity contribution is 0.391. The van der Waals surface area contributed by atoms with Gasteiger partial charge in [-0.2, -0.15) is 0 Å². The molecule has 0 aromatic heterocycles. The maximum absolute atomic E-state index is 3.48. The Balaban J connectivity index is 3.31. The smallest absolute Gasteiger partial charge is 0.00642 e. The van der Waals surface area contributed by atoms with Crippen molar-refractivity contribution in [1.29, 1.82) is 0 Å². The monoisotopic (exact) mass is 143 g/mol. The number of nitrogens with one attached hydrogen (secondary N) is 1. The SMILES string of the molecule is CCCNC(C)C(C)CC. The molecule has 0 aromatic rings. The van der Waals surface area contributed by atoms with Gasteiger partial charge in [0.25, 0.3) is 0 Å². The Morgan fingerprint density at radius 3 is 2.20 bits per heavy atom. The summed E-state index contributed by atoms with van der Waals surface area (Å²) >= 11 is 0. The molecule has 0 aliphatic carbocycles. The third kappa shape index (κ3) is 3.89. The Bertz CT molecular complexity index is 71.1. The number of hydrogen-bond acceptors (Lipinski definition) is 1. The second-order valence-electron chi connectivity index (χ2n) is 3.13. The Hall–Kier alpha value is -0.0400. The first-order valence-electron chi connectivity index (χ1n) is 4.45. The Labute approximate surface area is 65.2 Å². The van der Waals surface area contributed by atoms with Crippen LogP contribution in [0.25, 0.3) is 0 Å². The first kappa shape index (κ1) is 9.96. The van der Waals surface area contributed by atoms with E-state index >= 15 is 0 Å². The molecule has 0 aliphatic heterocycles. The van der Waals surface area contributed by atoms with E-state index in [0.717, 1.165) is 12.5 Å². The molecule has 2 unspecified atom stereocenters. The van der Waals surface area contributed by atoms with E-state index in [2.05, 4.69) is 33.0 Å². The lowest BCUT2D eigenvalue weighted by atomic mass is 10.0. The zero-order valence-corrected chi connectivity index (χ0v) is 7.78. The van der Waals surface area contributed by atoms with Crippen molar-refractivity contribution in [2.45, 2.75) is 46.6 Å². The van der Waals surface area contributed by atoms with Gasteiger partial charge in [-0.25, -0.2) is 0 Å². The molecule has 1 N–H and O–H groups in total. The standard InChI is InChI=1S/C9H21N/c1-5-7-10-9(4)8(3)6-2/h8-10H,5-7H2,1-4H3. The Kier molecular flexibility index (Phi) is 5.70. The molecular formula is C9H21N. The third-order valence-electron chi connectivity index (χ3n) is 2.21. The molecule has 0 bridgehead atoms. The molecule has 0 radical (unpaired) electrons. The van der Waals surface area contributed by atoms with Gasteiger partial charge in [-0.15, -0.1) is 0 Å². The highest BCUT2D eigenvalue weighted by molar-refractivity contribution is 4.65.